The van der Waals surface area contributed by atoms with Crippen LogP contribution in [-0.2, 0) is 30.6 Å². The van der Waals surface area contributed by atoms with E-state index in [1.165, 1.54) is 39.3 Å². The van der Waals surface area contributed by atoms with Gasteiger partial charge in [-0.15, -0.1) is 4.72 Å². The minimum absolute atomic E-state index is 0.0407. The minimum Gasteiger partial charge on any atom is -0.590 e. The number of carbonyl (C=O) groups excluding carboxylic acids is 1. The van der Waals surface area contributed by atoms with E-state index in [1.54, 1.807) is 45.5 Å². The second-order valence-electron chi connectivity index (χ2n) is 8.53. The zero-order valence-electron chi connectivity index (χ0n) is 20.6. The second kappa shape index (κ2) is 12.7. The van der Waals surface area contributed by atoms with Crippen molar-refractivity contribution in [2.75, 3.05) is 25.2 Å². The van der Waals surface area contributed by atoms with Crippen LogP contribution in [0.2, 0.25) is 0 Å². The molecule has 14 heteroatoms. The van der Waals surface area contributed by atoms with Gasteiger partial charge in [-0.25, -0.2) is 26.5 Å². The van der Waals surface area contributed by atoms with Gasteiger partial charge >= 0.3 is 0 Å². The van der Waals surface area contributed by atoms with Crippen LogP contribution in [0.1, 0.15) is 28.5 Å². The summed E-state index contributed by atoms with van der Waals surface area (Å²) < 4.78 is 76.0. The molecule has 1 aromatic heterocycles. The normalized spacial score (nSPS) is 14.1. The smallest absolute Gasteiger partial charge is 0.274 e. The van der Waals surface area contributed by atoms with Gasteiger partial charge in [0.2, 0.25) is 10.0 Å². The van der Waals surface area contributed by atoms with Crippen LogP contribution in [0.15, 0.2) is 60.8 Å². The molecule has 1 amide bonds. The Morgan fingerprint density at radius 2 is 1.87 bits per heavy atom. The van der Waals surface area contributed by atoms with Crippen LogP contribution in [0.3, 0.4) is 0 Å². The molecule has 0 radical (unpaired) electrons. The fourth-order valence-corrected chi connectivity index (χ4v) is 7.24. The first-order valence-electron chi connectivity index (χ1n) is 11.0. The molecule has 0 spiro atoms. The van der Waals surface area contributed by atoms with Crippen molar-refractivity contribution in [1.29, 1.82) is 0 Å². The number of pyridine rings is 1. The number of carbonyl (C=O) groups is 1. The molecule has 0 fully saturated rings. The Labute approximate surface area is 234 Å². The first-order valence-corrected chi connectivity index (χ1v) is 16.3. The van der Waals surface area contributed by atoms with Crippen molar-refractivity contribution in [2.24, 2.45) is 0 Å². The van der Waals surface area contributed by atoms with Crippen molar-refractivity contribution < 1.29 is 31.3 Å². The molecule has 0 aliphatic heterocycles. The average molecular weight is 679 g/mol. The fourth-order valence-electron chi connectivity index (χ4n) is 3.63. The molecule has 0 bridgehead atoms. The Balaban J connectivity index is 1.88. The van der Waals surface area contributed by atoms with Crippen molar-refractivity contribution >= 4 is 51.4 Å². The van der Waals surface area contributed by atoms with Crippen LogP contribution in [0.5, 0.6) is 5.75 Å². The molecular formula is C24H25F2IN4O5S2. The topological polar surface area (TPSA) is 124 Å². The van der Waals surface area contributed by atoms with Gasteiger partial charge in [-0.3, -0.25) is 4.79 Å². The summed E-state index contributed by atoms with van der Waals surface area (Å²) in [6, 6.07) is 12.7. The van der Waals surface area contributed by atoms with Gasteiger partial charge in [0.05, 0.1) is 19.1 Å². The van der Waals surface area contributed by atoms with Crippen molar-refractivity contribution in [3.8, 4) is 5.75 Å². The number of aromatic nitrogens is 1. The number of benzene rings is 2. The monoisotopic (exact) mass is 678 g/mol. The zero-order valence-corrected chi connectivity index (χ0v) is 24.4. The molecule has 0 saturated heterocycles. The number of rotatable bonds is 11. The molecule has 204 valence electrons. The molecule has 3 aromatic rings. The van der Waals surface area contributed by atoms with Gasteiger partial charge in [0.1, 0.15) is 37.1 Å². The quantitative estimate of drug-likeness (QED) is 0.233. The number of nitrogens with zero attached hydrogens (tertiary/aromatic N) is 2. The highest BCUT2D eigenvalue weighted by atomic mass is 127. The number of ether oxygens (including phenoxy) is 1. The van der Waals surface area contributed by atoms with Crippen LogP contribution in [-0.4, -0.2) is 48.1 Å². The van der Waals surface area contributed by atoms with Gasteiger partial charge in [0, 0.05) is 24.8 Å². The first kappa shape index (κ1) is 30.2. The van der Waals surface area contributed by atoms with E-state index in [2.05, 4.69) is 15.0 Å². The van der Waals surface area contributed by atoms with E-state index in [9.17, 15) is 22.2 Å². The van der Waals surface area contributed by atoms with Crippen molar-refractivity contribution in [2.45, 2.75) is 19.0 Å². The number of methoxy groups -OCH3 is 1. The Morgan fingerprint density at radius 1 is 1.18 bits per heavy atom. The van der Waals surface area contributed by atoms with Gasteiger partial charge in [-0.05, 0) is 55.0 Å². The van der Waals surface area contributed by atoms with Crippen molar-refractivity contribution in [1.82, 2.24) is 14.0 Å². The van der Waals surface area contributed by atoms with Crippen LogP contribution >= 0.6 is 21.2 Å². The molecule has 1 unspecified atom stereocenters. The highest BCUT2D eigenvalue weighted by molar-refractivity contribution is 14.2. The molecule has 1 heterocycles. The molecule has 3 rings (SSSR count). The van der Waals surface area contributed by atoms with E-state index >= 15 is 4.39 Å². The lowest BCUT2D eigenvalue weighted by molar-refractivity contribution is 0.102. The summed E-state index contributed by atoms with van der Waals surface area (Å²) in [5, 5.41) is 2.53. The first-order chi connectivity index (χ1) is 17.8. The molecule has 0 aliphatic rings. The Morgan fingerprint density at radius 3 is 2.45 bits per heavy atom. The van der Waals surface area contributed by atoms with E-state index < -0.39 is 47.4 Å². The Hall–Kier alpha value is -2.37. The highest BCUT2D eigenvalue weighted by Gasteiger charge is 2.40. The average Bonchev–Trinajstić information content (AvgIpc) is 2.85. The van der Waals surface area contributed by atoms with Crippen LogP contribution in [0.25, 0.3) is 0 Å². The van der Waals surface area contributed by atoms with E-state index in [4.69, 9.17) is 4.74 Å². The van der Waals surface area contributed by atoms with Gasteiger partial charge in [-0.1, -0.05) is 12.1 Å². The number of amides is 1. The molecule has 2 aromatic carbocycles. The maximum absolute atomic E-state index is 15.1. The van der Waals surface area contributed by atoms with E-state index in [0.29, 0.717) is 11.3 Å². The standard InChI is InChI=1S/C24H25F2IN4O5S2/c1-24(30-37(27)33,15-38(34,35)31(2)14-16-4-8-19(36-3)9-5-16)20-12-18(7-10-21(20)26)29-23(32)22-11-6-17(25)13-28-22/h4-13,30H,14-15H2,1-3H3,(H,29,32)/t24?,37-/m1/s1. The molecule has 2 N–H and O–H groups in total. The number of anilines is 1. The minimum atomic E-state index is -4.02. The number of halogens is 3. The third-order valence-corrected chi connectivity index (χ3v) is 8.89. The van der Waals surface area contributed by atoms with Crippen molar-refractivity contribution in [3.63, 3.8) is 0 Å². The fraction of sp³-hybridized carbons (Fsp3) is 0.250. The third kappa shape index (κ3) is 7.83. The highest BCUT2D eigenvalue weighted by Crippen LogP contribution is 2.31. The zero-order chi connectivity index (χ0) is 28.1. The lowest BCUT2D eigenvalue weighted by Gasteiger charge is -2.31. The number of hydrogen-bond donors (Lipinski definition) is 2. The summed E-state index contributed by atoms with van der Waals surface area (Å²) in [7, 11) is -2.87. The SMILES string of the molecule is COc1ccc(CN(C)S(=O)(=O)CC(C)(N[S@+]([O-])I)c2cc(NC(=O)c3ccc(F)cn3)ccc2F)cc1. The molecule has 0 saturated carbocycles. The van der Waals surface area contributed by atoms with E-state index in [0.717, 1.165) is 22.6 Å². The molecule has 0 aliphatic carbocycles. The number of nitrogens with one attached hydrogen (secondary N) is 2. The maximum atomic E-state index is 15.1. The lowest BCUT2D eigenvalue weighted by Crippen LogP contribution is -2.49. The molecule has 38 heavy (non-hydrogen) atoms. The van der Waals surface area contributed by atoms with Gasteiger partial charge in [0.15, 0.2) is 0 Å². The number of hydrogen-bond acceptors (Lipinski definition) is 7. The van der Waals surface area contributed by atoms with Gasteiger partial charge < -0.3 is 14.6 Å². The lowest BCUT2D eigenvalue weighted by atomic mass is 9.94. The second-order valence-corrected chi connectivity index (χ2v) is 13.7. The predicted molar refractivity (Wildman–Crippen MR) is 149 cm³/mol. The summed E-state index contributed by atoms with van der Waals surface area (Å²) in [5.74, 6) is -2.08. The maximum Gasteiger partial charge on any atom is 0.274 e. The van der Waals surface area contributed by atoms with E-state index in [-0.39, 0.29) is 23.5 Å². The molecule has 9 nitrogen and oxygen atoms in total. The summed E-state index contributed by atoms with van der Waals surface area (Å²) in [4.78, 5) is 16.2. The Bertz CT molecular complexity index is 1380. The molecule has 2 atom stereocenters. The van der Waals surface area contributed by atoms with E-state index in [1.807, 2.05) is 0 Å². The summed E-state index contributed by atoms with van der Waals surface area (Å²) >= 11 is 1.55. The predicted octanol–water partition coefficient (Wildman–Crippen LogP) is 3.90. The third-order valence-electron chi connectivity index (χ3n) is 5.59. The van der Waals surface area contributed by atoms with Crippen LogP contribution < -0.4 is 14.8 Å². The summed E-state index contributed by atoms with van der Waals surface area (Å²) in [5.41, 5.74) is -1.02. The Kier molecular flexibility index (Phi) is 10.0. The molecular weight excluding hydrogens is 653 g/mol. The van der Waals surface area contributed by atoms with Crippen LogP contribution in [0, 0.1) is 11.6 Å². The number of sulfonamides is 1. The van der Waals surface area contributed by atoms with Gasteiger partial charge in [0.25, 0.3) is 27.1 Å². The summed E-state index contributed by atoms with van der Waals surface area (Å²) in [6.07, 6.45) is 0.884. The van der Waals surface area contributed by atoms with Crippen molar-refractivity contribution in [3.05, 3.63) is 89.2 Å². The summed E-state index contributed by atoms with van der Waals surface area (Å²) in [6.45, 7) is 1.45. The largest absolute Gasteiger partial charge is 0.590 e. The van der Waals surface area contributed by atoms with Crippen LogP contribution in [0.4, 0.5) is 14.5 Å². The van der Waals surface area contributed by atoms with Gasteiger partial charge in [-0.2, -0.15) is 0 Å².